The summed E-state index contributed by atoms with van der Waals surface area (Å²) in [6.07, 6.45) is 12.4. The van der Waals surface area contributed by atoms with Crippen molar-refractivity contribution in [2.24, 2.45) is 0 Å². The van der Waals surface area contributed by atoms with E-state index < -0.39 is 5.97 Å². The van der Waals surface area contributed by atoms with Crippen LogP contribution in [0.15, 0.2) is 0 Å². The van der Waals surface area contributed by atoms with E-state index in [1.54, 1.807) is 0 Å². The molecule has 110 valence electrons. The van der Waals surface area contributed by atoms with E-state index >= 15 is 0 Å². The molecule has 0 heterocycles. The van der Waals surface area contributed by atoms with Crippen LogP contribution in [0.25, 0.3) is 0 Å². The number of carboxylic acids is 1. The fraction of sp³-hybridized carbons (Fsp3) is 0.933. The molecular formula is C15H31ClO2. The molecule has 0 fully saturated rings. The first kappa shape index (κ1) is 20.1. The zero-order valence-corrected chi connectivity index (χ0v) is 13.0. The summed E-state index contributed by atoms with van der Waals surface area (Å²) in [5.74, 6) is 0.164. The van der Waals surface area contributed by atoms with Gasteiger partial charge in [0.2, 0.25) is 0 Å². The molecule has 18 heavy (non-hydrogen) atoms. The molecule has 2 nitrogen and oxygen atoms in total. The van der Waals surface area contributed by atoms with Gasteiger partial charge in [-0.1, -0.05) is 65.2 Å². The molecule has 0 saturated carbocycles. The van der Waals surface area contributed by atoms with Crippen LogP contribution < -0.4 is 0 Å². The lowest BCUT2D eigenvalue weighted by Crippen LogP contribution is -1.93. The number of aliphatic carboxylic acids is 1. The number of carbonyl (C=O) groups is 1. The second-order valence-corrected chi connectivity index (χ2v) is 5.04. The smallest absolute Gasteiger partial charge is 0.303 e. The van der Waals surface area contributed by atoms with Crippen molar-refractivity contribution >= 4 is 17.6 Å². The molecule has 0 unspecified atom stereocenters. The summed E-state index contributed by atoms with van der Waals surface area (Å²) in [5, 5.41) is 8.35. The molecule has 0 aliphatic heterocycles. The van der Waals surface area contributed by atoms with Crippen LogP contribution >= 0.6 is 11.6 Å². The van der Waals surface area contributed by atoms with Gasteiger partial charge in [-0.05, 0) is 12.8 Å². The Hall–Kier alpha value is -0.240. The fourth-order valence-corrected chi connectivity index (χ4v) is 1.77. The quantitative estimate of drug-likeness (QED) is 0.393. The van der Waals surface area contributed by atoms with E-state index in [4.69, 9.17) is 16.7 Å². The highest BCUT2D eigenvalue weighted by Crippen LogP contribution is 2.07. The van der Waals surface area contributed by atoms with E-state index in [0.29, 0.717) is 6.42 Å². The minimum atomic E-state index is -0.663. The van der Waals surface area contributed by atoms with Crippen molar-refractivity contribution in [1.29, 1.82) is 0 Å². The van der Waals surface area contributed by atoms with E-state index in [0.717, 1.165) is 18.7 Å². The molecule has 0 aliphatic rings. The molecule has 0 aromatic carbocycles. The van der Waals surface area contributed by atoms with Crippen LogP contribution in [0.3, 0.4) is 0 Å². The van der Waals surface area contributed by atoms with Crippen LogP contribution in [0.4, 0.5) is 0 Å². The highest BCUT2D eigenvalue weighted by atomic mass is 35.5. The maximum Gasteiger partial charge on any atom is 0.303 e. The number of alkyl halides is 1. The third-order valence-corrected chi connectivity index (χ3v) is 3.00. The Bertz CT molecular complexity index is 157. The Labute approximate surface area is 118 Å². The summed E-state index contributed by atoms with van der Waals surface area (Å²) in [6, 6.07) is 0. The number of rotatable bonds is 11. The Kier molecular flexibility index (Phi) is 21.3. The van der Waals surface area contributed by atoms with Crippen LogP contribution in [0.1, 0.15) is 84.5 Å². The first-order valence-electron chi connectivity index (χ1n) is 7.46. The van der Waals surface area contributed by atoms with Gasteiger partial charge in [-0.15, -0.1) is 11.6 Å². The van der Waals surface area contributed by atoms with Crippen molar-refractivity contribution in [2.45, 2.75) is 84.5 Å². The average Bonchev–Trinajstić information content (AvgIpc) is 2.36. The summed E-state index contributed by atoms with van der Waals surface area (Å²) >= 11 is 5.38. The number of hydrogen-bond acceptors (Lipinski definition) is 1. The van der Waals surface area contributed by atoms with E-state index in [2.05, 4.69) is 13.8 Å². The number of unbranched alkanes of at least 4 members (excludes halogenated alkanes) is 8. The Morgan fingerprint density at radius 3 is 1.67 bits per heavy atom. The van der Waals surface area contributed by atoms with Gasteiger partial charge in [-0.25, -0.2) is 0 Å². The minimum absolute atomic E-state index is 0.341. The summed E-state index contributed by atoms with van der Waals surface area (Å²) < 4.78 is 0. The molecule has 0 aliphatic carbocycles. The Morgan fingerprint density at radius 2 is 1.28 bits per heavy atom. The van der Waals surface area contributed by atoms with E-state index in [9.17, 15) is 4.79 Å². The van der Waals surface area contributed by atoms with Gasteiger partial charge in [-0.2, -0.15) is 0 Å². The van der Waals surface area contributed by atoms with Gasteiger partial charge in [0.25, 0.3) is 0 Å². The lowest BCUT2D eigenvalue weighted by Gasteiger charge is -1.98. The summed E-state index contributed by atoms with van der Waals surface area (Å²) in [4.78, 5) is 10.1. The SMILES string of the molecule is CCCCCCCCCC(=O)O.CCCCCCl. The number of halogens is 1. The zero-order valence-electron chi connectivity index (χ0n) is 12.2. The number of carboxylic acid groups (broad SMARTS) is 1. The molecule has 0 aromatic rings. The summed E-state index contributed by atoms with van der Waals surface area (Å²) in [5.41, 5.74) is 0. The van der Waals surface area contributed by atoms with Crippen molar-refractivity contribution in [1.82, 2.24) is 0 Å². The standard InChI is InChI=1S/C10H20O2.C5H11Cl/c1-2-3-4-5-6-7-8-9-10(11)12;1-2-3-4-5-6/h2-9H2,1H3,(H,11,12);2-5H2,1H3. The second-order valence-electron chi connectivity index (χ2n) is 4.66. The maximum atomic E-state index is 10.1. The zero-order chi connectivity index (χ0) is 14.1. The normalized spacial score (nSPS) is 9.72. The molecule has 0 radical (unpaired) electrons. The highest BCUT2D eigenvalue weighted by molar-refractivity contribution is 6.17. The molecule has 0 amide bonds. The predicted molar refractivity (Wildman–Crippen MR) is 80.5 cm³/mol. The lowest BCUT2D eigenvalue weighted by atomic mass is 10.1. The highest BCUT2D eigenvalue weighted by Gasteiger charge is 1.95. The summed E-state index contributed by atoms with van der Waals surface area (Å²) in [6.45, 7) is 4.37. The van der Waals surface area contributed by atoms with Crippen molar-refractivity contribution < 1.29 is 9.90 Å². The Balaban J connectivity index is 0. The van der Waals surface area contributed by atoms with Gasteiger partial charge in [0.05, 0.1) is 0 Å². The third kappa shape index (κ3) is 24.8. The van der Waals surface area contributed by atoms with Crippen LogP contribution in [-0.2, 0) is 4.79 Å². The molecule has 0 saturated heterocycles. The van der Waals surface area contributed by atoms with E-state index in [1.807, 2.05) is 0 Å². The van der Waals surface area contributed by atoms with E-state index in [-0.39, 0.29) is 0 Å². The average molecular weight is 279 g/mol. The molecule has 0 aromatic heterocycles. The van der Waals surface area contributed by atoms with Crippen LogP contribution in [0.5, 0.6) is 0 Å². The van der Waals surface area contributed by atoms with Gasteiger partial charge < -0.3 is 5.11 Å². The van der Waals surface area contributed by atoms with Crippen molar-refractivity contribution in [3.63, 3.8) is 0 Å². The minimum Gasteiger partial charge on any atom is -0.481 e. The van der Waals surface area contributed by atoms with Crippen molar-refractivity contribution in [3.05, 3.63) is 0 Å². The predicted octanol–water partition coefficient (Wildman–Crippen LogP) is 5.63. The van der Waals surface area contributed by atoms with Gasteiger partial charge in [0.15, 0.2) is 0 Å². The van der Waals surface area contributed by atoms with Crippen LogP contribution in [-0.4, -0.2) is 17.0 Å². The van der Waals surface area contributed by atoms with Crippen molar-refractivity contribution in [2.75, 3.05) is 5.88 Å². The lowest BCUT2D eigenvalue weighted by molar-refractivity contribution is -0.137. The van der Waals surface area contributed by atoms with Gasteiger partial charge in [0.1, 0.15) is 0 Å². The molecule has 0 spiro atoms. The Morgan fingerprint density at radius 1 is 0.833 bits per heavy atom. The fourth-order valence-electron chi connectivity index (χ4n) is 1.58. The summed E-state index contributed by atoms with van der Waals surface area (Å²) in [7, 11) is 0. The monoisotopic (exact) mass is 278 g/mol. The maximum absolute atomic E-state index is 10.1. The van der Waals surface area contributed by atoms with E-state index in [1.165, 1.54) is 51.4 Å². The molecule has 0 bridgehead atoms. The van der Waals surface area contributed by atoms with Crippen molar-refractivity contribution in [3.8, 4) is 0 Å². The van der Waals surface area contributed by atoms with Gasteiger partial charge >= 0.3 is 5.97 Å². The molecule has 0 atom stereocenters. The first-order chi connectivity index (χ1) is 8.68. The third-order valence-electron chi connectivity index (χ3n) is 2.73. The molecule has 0 rings (SSSR count). The topological polar surface area (TPSA) is 37.3 Å². The largest absolute Gasteiger partial charge is 0.481 e. The molecule has 1 N–H and O–H groups in total. The first-order valence-corrected chi connectivity index (χ1v) is 8.00. The molecular weight excluding hydrogens is 248 g/mol. The van der Waals surface area contributed by atoms with Gasteiger partial charge in [0, 0.05) is 12.3 Å². The number of hydrogen-bond donors (Lipinski definition) is 1. The van der Waals surface area contributed by atoms with Crippen LogP contribution in [0.2, 0.25) is 0 Å². The molecule has 3 heteroatoms. The van der Waals surface area contributed by atoms with Gasteiger partial charge in [-0.3, -0.25) is 4.79 Å². The second kappa shape index (κ2) is 19.1. The van der Waals surface area contributed by atoms with Crippen LogP contribution in [0, 0.1) is 0 Å².